The van der Waals surface area contributed by atoms with Gasteiger partial charge in [0.15, 0.2) is 0 Å². The monoisotopic (exact) mass is 349 g/mol. The van der Waals surface area contributed by atoms with Crippen LogP contribution in [0.15, 0.2) is 54.6 Å². The molecule has 3 heteroatoms. The second-order valence-electron chi connectivity index (χ2n) is 8.11. The Balaban J connectivity index is 1.93. The van der Waals surface area contributed by atoms with Crippen molar-refractivity contribution in [3.8, 4) is 5.75 Å². The van der Waals surface area contributed by atoms with Crippen LogP contribution < -0.4 is 10.5 Å². The molecule has 0 aromatic heterocycles. The minimum absolute atomic E-state index is 0.0964. The van der Waals surface area contributed by atoms with Gasteiger partial charge < -0.3 is 10.5 Å². The Kier molecular flexibility index (Phi) is 5.28. The standard InChI is InChI=1S/C23H27NO2/c1-23(2,3)14-22(25)26-21-11-7-10-19-18(15-24)12-17(13-20(19)21)16-8-5-4-6-9-16/h4-12,17H,13-15,24H2,1-3H3. The molecule has 0 heterocycles. The number of carbonyl (C=O) groups excluding carboxylic acids is 1. The lowest BCUT2D eigenvalue weighted by Gasteiger charge is -2.26. The van der Waals surface area contributed by atoms with Gasteiger partial charge >= 0.3 is 5.97 Å². The van der Waals surface area contributed by atoms with Crippen molar-refractivity contribution in [1.82, 2.24) is 0 Å². The molecule has 3 nitrogen and oxygen atoms in total. The van der Waals surface area contributed by atoms with Crippen LogP contribution in [0.25, 0.3) is 5.57 Å². The fourth-order valence-corrected chi connectivity index (χ4v) is 3.47. The maximum absolute atomic E-state index is 12.4. The summed E-state index contributed by atoms with van der Waals surface area (Å²) in [6.45, 7) is 6.58. The molecule has 0 saturated heterocycles. The molecule has 0 spiro atoms. The zero-order valence-electron chi connectivity index (χ0n) is 15.8. The summed E-state index contributed by atoms with van der Waals surface area (Å²) in [5.74, 6) is 0.715. The molecule has 136 valence electrons. The number of rotatable bonds is 4. The van der Waals surface area contributed by atoms with E-state index in [1.54, 1.807) is 0 Å². The van der Waals surface area contributed by atoms with Crippen LogP contribution in [0.3, 0.4) is 0 Å². The molecule has 1 aliphatic carbocycles. The number of fused-ring (bicyclic) bond motifs is 1. The zero-order valence-corrected chi connectivity index (χ0v) is 15.8. The van der Waals surface area contributed by atoms with Crippen LogP contribution in [-0.4, -0.2) is 12.5 Å². The van der Waals surface area contributed by atoms with Gasteiger partial charge in [0.1, 0.15) is 5.75 Å². The number of ether oxygens (including phenoxy) is 1. The van der Waals surface area contributed by atoms with E-state index in [2.05, 4.69) is 36.4 Å². The molecule has 2 aromatic carbocycles. The van der Waals surface area contributed by atoms with Crippen molar-refractivity contribution in [3.63, 3.8) is 0 Å². The molecule has 2 aromatic rings. The predicted octanol–water partition coefficient (Wildman–Crippen LogP) is 4.71. The molecule has 0 fully saturated rings. The summed E-state index contributed by atoms with van der Waals surface area (Å²) in [5.41, 5.74) is 10.4. The van der Waals surface area contributed by atoms with Gasteiger partial charge in [0.25, 0.3) is 0 Å². The number of allylic oxidation sites excluding steroid dienone is 1. The van der Waals surface area contributed by atoms with Crippen LogP contribution in [0.2, 0.25) is 0 Å². The largest absolute Gasteiger partial charge is 0.426 e. The second kappa shape index (κ2) is 7.46. The Bertz CT molecular complexity index is 816. The first-order valence-corrected chi connectivity index (χ1v) is 9.16. The van der Waals surface area contributed by atoms with Gasteiger partial charge in [-0.3, -0.25) is 4.79 Å². The summed E-state index contributed by atoms with van der Waals surface area (Å²) in [6.07, 6.45) is 3.44. The Morgan fingerprint density at radius 2 is 1.85 bits per heavy atom. The minimum atomic E-state index is -0.189. The number of carbonyl (C=O) groups is 1. The average molecular weight is 349 g/mol. The van der Waals surface area contributed by atoms with Crippen molar-refractivity contribution < 1.29 is 9.53 Å². The van der Waals surface area contributed by atoms with Crippen molar-refractivity contribution in [3.05, 3.63) is 71.3 Å². The van der Waals surface area contributed by atoms with Crippen LogP contribution in [-0.2, 0) is 11.2 Å². The molecule has 0 radical (unpaired) electrons. The summed E-state index contributed by atoms with van der Waals surface area (Å²) in [6, 6.07) is 16.3. The van der Waals surface area contributed by atoms with E-state index in [1.807, 2.05) is 39.0 Å². The van der Waals surface area contributed by atoms with E-state index in [0.717, 1.165) is 23.1 Å². The summed E-state index contributed by atoms with van der Waals surface area (Å²) in [7, 11) is 0. The highest BCUT2D eigenvalue weighted by atomic mass is 16.5. The van der Waals surface area contributed by atoms with Crippen LogP contribution >= 0.6 is 0 Å². The quantitative estimate of drug-likeness (QED) is 0.642. The third kappa shape index (κ3) is 4.23. The molecule has 0 amide bonds. The molecule has 0 bridgehead atoms. The smallest absolute Gasteiger partial charge is 0.311 e. The molecule has 1 atom stereocenters. The zero-order chi connectivity index (χ0) is 18.7. The van der Waals surface area contributed by atoms with Gasteiger partial charge in [-0.1, -0.05) is 69.3 Å². The van der Waals surface area contributed by atoms with E-state index in [-0.39, 0.29) is 17.3 Å². The lowest BCUT2D eigenvalue weighted by molar-refractivity contribution is -0.136. The lowest BCUT2D eigenvalue weighted by Crippen LogP contribution is -2.20. The van der Waals surface area contributed by atoms with Crippen LogP contribution in [0.1, 0.15) is 49.8 Å². The number of hydrogen-bond donors (Lipinski definition) is 1. The van der Waals surface area contributed by atoms with Gasteiger partial charge in [0.2, 0.25) is 0 Å². The molecule has 26 heavy (non-hydrogen) atoms. The van der Waals surface area contributed by atoms with E-state index in [0.29, 0.717) is 18.7 Å². The van der Waals surface area contributed by atoms with Gasteiger partial charge in [0.05, 0.1) is 6.42 Å². The van der Waals surface area contributed by atoms with Crippen molar-refractivity contribution in [2.24, 2.45) is 11.1 Å². The van der Waals surface area contributed by atoms with E-state index in [9.17, 15) is 4.79 Å². The average Bonchev–Trinajstić information content (AvgIpc) is 2.60. The molecule has 1 aliphatic rings. The number of esters is 1. The van der Waals surface area contributed by atoms with Crippen molar-refractivity contribution in [2.45, 2.75) is 39.5 Å². The molecule has 2 N–H and O–H groups in total. The summed E-state index contributed by atoms with van der Waals surface area (Å²) in [5, 5.41) is 0. The van der Waals surface area contributed by atoms with E-state index in [4.69, 9.17) is 10.5 Å². The topological polar surface area (TPSA) is 52.3 Å². The number of nitrogens with two attached hydrogens (primary N) is 1. The Morgan fingerprint density at radius 1 is 1.12 bits per heavy atom. The van der Waals surface area contributed by atoms with E-state index < -0.39 is 0 Å². The summed E-state index contributed by atoms with van der Waals surface area (Å²) in [4.78, 5) is 12.4. The highest BCUT2D eigenvalue weighted by molar-refractivity contribution is 5.78. The third-order valence-electron chi connectivity index (χ3n) is 4.65. The van der Waals surface area contributed by atoms with Crippen molar-refractivity contribution in [2.75, 3.05) is 6.54 Å². The Hall–Kier alpha value is -2.39. The van der Waals surface area contributed by atoms with Crippen LogP contribution in [0.5, 0.6) is 5.75 Å². The fourth-order valence-electron chi connectivity index (χ4n) is 3.47. The van der Waals surface area contributed by atoms with Gasteiger partial charge in [-0.15, -0.1) is 0 Å². The summed E-state index contributed by atoms with van der Waals surface area (Å²) < 4.78 is 5.76. The van der Waals surface area contributed by atoms with Gasteiger partial charge in [0, 0.05) is 18.0 Å². The first-order valence-electron chi connectivity index (χ1n) is 9.16. The lowest BCUT2D eigenvalue weighted by atomic mass is 9.81. The van der Waals surface area contributed by atoms with E-state index >= 15 is 0 Å². The molecule has 0 aliphatic heterocycles. The number of benzene rings is 2. The van der Waals surface area contributed by atoms with Gasteiger partial charge in [-0.05, 0) is 34.6 Å². The fraction of sp³-hybridized carbons (Fsp3) is 0.348. The second-order valence-corrected chi connectivity index (χ2v) is 8.11. The van der Waals surface area contributed by atoms with Gasteiger partial charge in [-0.25, -0.2) is 0 Å². The van der Waals surface area contributed by atoms with Gasteiger partial charge in [-0.2, -0.15) is 0 Å². The predicted molar refractivity (Wildman–Crippen MR) is 106 cm³/mol. The first-order chi connectivity index (χ1) is 12.4. The van der Waals surface area contributed by atoms with E-state index in [1.165, 1.54) is 5.56 Å². The Labute approximate surface area is 155 Å². The normalized spacial score (nSPS) is 16.6. The highest BCUT2D eigenvalue weighted by Crippen LogP contribution is 2.39. The third-order valence-corrected chi connectivity index (χ3v) is 4.65. The Morgan fingerprint density at radius 3 is 2.50 bits per heavy atom. The molecule has 3 rings (SSSR count). The summed E-state index contributed by atoms with van der Waals surface area (Å²) >= 11 is 0. The SMILES string of the molecule is CC(C)(C)CC(=O)Oc1cccc2c1CC(c1ccccc1)C=C2CN. The maximum Gasteiger partial charge on any atom is 0.311 e. The van der Waals surface area contributed by atoms with Crippen molar-refractivity contribution >= 4 is 11.5 Å². The van der Waals surface area contributed by atoms with Crippen LogP contribution in [0.4, 0.5) is 0 Å². The first kappa shape index (κ1) is 18.4. The minimum Gasteiger partial charge on any atom is -0.426 e. The molecular weight excluding hydrogens is 322 g/mol. The number of hydrogen-bond acceptors (Lipinski definition) is 3. The van der Waals surface area contributed by atoms with Crippen molar-refractivity contribution in [1.29, 1.82) is 0 Å². The van der Waals surface area contributed by atoms with Crippen LogP contribution in [0, 0.1) is 5.41 Å². The maximum atomic E-state index is 12.4. The highest BCUT2D eigenvalue weighted by Gasteiger charge is 2.25. The molecular formula is C23H27NO2. The molecule has 1 unspecified atom stereocenters. The molecule has 0 saturated carbocycles.